The van der Waals surface area contributed by atoms with Crippen LogP contribution >= 0.6 is 11.3 Å². The maximum Gasteiger partial charge on any atom is 0.252 e. The van der Waals surface area contributed by atoms with E-state index in [9.17, 15) is 9.59 Å². The molecule has 0 saturated carbocycles. The van der Waals surface area contributed by atoms with Gasteiger partial charge in [0.2, 0.25) is 5.91 Å². The van der Waals surface area contributed by atoms with Crippen LogP contribution in [0.25, 0.3) is 11.0 Å². The van der Waals surface area contributed by atoms with Gasteiger partial charge in [0.1, 0.15) is 5.82 Å². The summed E-state index contributed by atoms with van der Waals surface area (Å²) in [5.41, 5.74) is 2.57. The molecule has 1 unspecified atom stereocenters. The fraction of sp³-hybridized carbons (Fsp3) is 0.316. The summed E-state index contributed by atoms with van der Waals surface area (Å²) < 4.78 is 0. The van der Waals surface area contributed by atoms with E-state index in [1.165, 1.54) is 11.3 Å². The summed E-state index contributed by atoms with van der Waals surface area (Å²) in [7, 11) is 0. The molecule has 3 heterocycles. The third-order valence-electron chi connectivity index (χ3n) is 4.75. The molecule has 7 heteroatoms. The monoisotopic (exact) mass is 368 g/mol. The number of nitrogens with one attached hydrogen (secondary N) is 2. The second-order valence-corrected chi connectivity index (χ2v) is 7.29. The van der Waals surface area contributed by atoms with Crippen LogP contribution in [-0.2, 0) is 4.79 Å². The minimum absolute atomic E-state index is 0.0293. The Kier molecular flexibility index (Phi) is 4.71. The number of thiophene rings is 1. The first-order chi connectivity index (χ1) is 12.7. The van der Waals surface area contributed by atoms with Crippen LogP contribution in [0.3, 0.4) is 0 Å². The summed E-state index contributed by atoms with van der Waals surface area (Å²) in [5.74, 6) is 0.888. The van der Waals surface area contributed by atoms with Gasteiger partial charge in [0.25, 0.3) is 5.91 Å². The summed E-state index contributed by atoms with van der Waals surface area (Å²) in [5, 5.41) is 6.33. The van der Waals surface area contributed by atoms with E-state index in [4.69, 9.17) is 0 Å². The molecule has 2 aromatic heterocycles. The third-order valence-corrected chi connectivity index (χ3v) is 5.44. The number of hydrogen-bond donors (Lipinski definition) is 2. The predicted molar refractivity (Wildman–Crippen MR) is 101 cm³/mol. The molecular formula is C19H20N4O2S. The summed E-state index contributed by atoms with van der Waals surface area (Å²) in [6.45, 7) is 1.39. The van der Waals surface area contributed by atoms with Gasteiger partial charge in [-0.25, -0.2) is 4.98 Å². The number of carbonyl (C=O) groups excluding carboxylic acids is 2. The lowest BCUT2D eigenvalue weighted by atomic mass is 9.97. The highest BCUT2D eigenvalue weighted by Crippen LogP contribution is 2.26. The number of fused-ring (bicyclic) bond motifs is 1. The van der Waals surface area contributed by atoms with Gasteiger partial charge in [0, 0.05) is 30.0 Å². The number of piperidine rings is 1. The fourth-order valence-corrected chi connectivity index (χ4v) is 3.99. The number of nitrogens with zero attached hydrogens (tertiary/aromatic N) is 2. The molecule has 1 aliphatic heterocycles. The van der Waals surface area contributed by atoms with Crippen LogP contribution in [0.5, 0.6) is 0 Å². The fourth-order valence-electron chi connectivity index (χ4n) is 3.36. The molecule has 0 bridgehead atoms. The van der Waals surface area contributed by atoms with Gasteiger partial charge >= 0.3 is 0 Å². The smallest absolute Gasteiger partial charge is 0.252 e. The van der Waals surface area contributed by atoms with Gasteiger partial charge in [0.15, 0.2) is 0 Å². The second-order valence-electron chi connectivity index (χ2n) is 6.51. The first-order valence-electron chi connectivity index (χ1n) is 8.73. The minimum atomic E-state index is -0.203. The highest BCUT2D eigenvalue weighted by Gasteiger charge is 2.26. The quantitative estimate of drug-likeness (QED) is 0.743. The highest BCUT2D eigenvalue weighted by atomic mass is 32.1. The van der Waals surface area contributed by atoms with Crippen molar-refractivity contribution in [3.8, 4) is 0 Å². The predicted octanol–water partition coefficient (Wildman–Crippen LogP) is 2.76. The van der Waals surface area contributed by atoms with Crippen molar-refractivity contribution in [2.24, 2.45) is 0 Å². The van der Waals surface area contributed by atoms with E-state index in [0.29, 0.717) is 12.1 Å². The van der Waals surface area contributed by atoms with E-state index in [0.717, 1.165) is 36.2 Å². The van der Waals surface area contributed by atoms with Crippen molar-refractivity contribution in [3.63, 3.8) is 0 Å². The Bertz CT molecular complexity index is 886. The van der Waals surface area contributed by atoms with E-state index in [1.54, 1.807) is 11.4 Å². The van der Waals surface area contributed by atoms with E-state index < -0.39 is 0 Å². The first-order valence-corrected chi connectivity index (χ1v) is 9.68. The van der Waals surface area contributed by atoms with Gasteiger partial charge in [0.05, 0.1) is 17.6 Å². The van der Waals surface area contributed by atoms with Crippen molar-refractivity contribution in [1.82, 2.24) is 20.2 Å². The van der Waals surface area contributed by atoms with E-state index >= 15 is 0 Å². The third kappa shape index (κ3) is 3.48. The standard InChI is InChI=1S/C19H20N4O2S/c24-17(10-20-19(25)14-7-9-26-12-14)23-8-3-4-13(11-23)18-21-15-5-1-2-6-16(15)22-18/h1-2,5-7,9,12-13H,3-4,8,10-11H2,(H,20,25)(H,21,22). The van der Waals surface area contributed by atoms with Crippen LogP contribution in [0.15, 0.2) is 41.1 Å². The molecule has 1 saturated heterocycles. The number of rotatable bonds is 4. The second kappa shape index (κ2) is 7.29. The van der Waals surface area contributed by atoms with E-state index in [2.05, 4.69) is 15.3 Å². The Hall–Kier alpha value is -2.67. The number of aromatic amines is 1. The van der Waals surface area contributed by atoms with Crippen molar-refractivity contribution in [1.29, 1.82) is 0 Å². The van der Waals surface area contributed by atoms with Crippen LogP contribution in [0.1, 0.15) is 34.9 Å². The molecule has 1 aromatic carbocycles. The van der Waals surface area contributed by atoms with Crippen molar-refractivity contribution < 1.29 is 9.59 Å². The van der Waals surface area contributed by atoms with Gasteiger partial charge in [-0.2, -0.15) is 11.3 Å². The molecular weight excluding hydrogens is 348 g/mol. The van der Waals surface area contributed by atoms with Crippen LogP contribution in [0.2, 0.25) is 0 Å². The van der Waals surface area contributed by atoms with Crippen molar-refractivity contribution >= 4 is 34.2 Å². The number of likely N-dealkylation sites (tertiary alicyclic amines) is 1. The molecule has 1 fully saturated rings. The van der Waals surface area contributed by atoms with Crippen LogP contribution in [0, 0.1) is 0 Å². The van der Waals surface area contributed by atoms with E-state index in [1.807, 2.05) is 34.5 Å². The number of amides is 2. The Morgan fingerprint density at radius 1 is 1.31 bits per heavy atom. The summed E-state index contributed by atoms with van der Waals surface area (Å²) in [6, 6.07) is 9.71. The molecule has 6 nitrogen and oxygen atoms in total. The number of carbonyl (C=O) groups is 2. The average molecular weight is 368 g/mol. The molecule has 26 heavy (non-hydrogen) atoms. The number of imidazole rings is 1. The number of hydrogen-bond acceptors (Lipinski definition) is 4. The molecule has 0 radical (unpaired) electrons. The SMILES string of the molecule is O=C(NCC(=O)N1CCCC(c2nc3ccccc3[nH]2)C1)c1ccsc1. The molecule has 4 rings (SSSR count). The Morgan fingerprint density at radius 2 is 2.19 bits per heavy atom. The zero-order chi connectivity index (χ0) is 17.9. The topological polar surface area (TPSA) is 78.1 Å². The number of para-hydroxylation sites is 2. The highest BCUT2D eigenvalue weighted by molar-refractivity contribution is 7.08. The Labute approximate surface area is 155 Å². The molecule has 1 aliphatic rings. The Balaban J connectivity index is 1.38. The number of aromatic nitrogens is 2. The number of benzene rings is 1. The maximum absolute atomic E-state index is 12.5. The minimum Gasteiger partial charge on any atom is -0.343 e. The molecule has 3 aromatic rings. The molecule has 1 atom stereocenters. The Morgan fingerprint density at radius 3 is 3.00 bits per heavy atom. The van der Waals surface area contributed by atoms with Gasteiger partial charge < -0.3 is 15.2 Å². The summed E-state index contributed by atoms with van der Waals surface area (Å²) in [4.78, 5) is 34.4. The van der Waals surface area contributed by atoms with Crippen molar-refractivity contribution in [3.05, 3.63) is 52.5 Å². The van der Waals surface area contributed by atoms with Crippen LogP contribution in [0.4, 0.5) is 0 Å². The van der Waals surface area contributed by atoms with Crippen molar-refractivity contribution in [2.45, 2.75) is 18.8 Å². The lowest BCUT2D eigenvalue weighted by molar-refractivity contribution is -0.131. The summed E-state index contributed by atoms with van der Waals surface area (Å²) >= 11 is 1.46. The van der Waals surface area contributed by atoms with Gasteiger partial charge in [-0.1, -0.05) is 12.1 Å². The number of H-pyrrole nitrogens is 1. The molecule has 2 N–H and O–H groups in total. The van der Waals surface area contributed by atoms with Gasteiger partial charge in [-0.15, -0.1) is 0 Å². The largest absolute Gasteiger partial charge is 0.343 e. The van der Waals surface area contributed by atoms with Crippen LogP contribution < -0.4 is 5.32 Å². The van der Waals surface area contributed by atoms with Gasteiger partial charge in [-0.05, 0) is 36.4 Å². The molecule has 0 aliphatic carbocycles. The van der Waals surface area contributed by atoms with Gasteiger partial charge in [-0.3, -0.25) is 9.59 Å². The normalized spacial score (nSPS) is 17.4. The maximum atomic E-state index is 12.5. The van der Waals surface area contributed by atoms with Crippen LogP contribution in [-0.4, -0.2) is 46.3 Å². The molecule has 2 amide bonds. The zero-order valence-electron chi connectivity index (χ0n) is 14.3. The summed E-state index contributed by atoms with van der Waals surface area (Å²) in [6.07, 6.45) is 1.94. The average Bonchev–Trinajstić information content (AvgIpc) is 3.35. The first kappa shape index (κ1) is 16.8. The zero-order valence-corrected chi connectivity index (χ0v) is 15.1. The lowest BCUT2D eigenvalue weighted by Gasteiger charge is -2.32. The molecule has 134 valence electrons. The molecule has 0 spiro atoms. The lowest BCUT2D eigenvalue weighted by Crippen LogP contribution is -2.44. The van der Waals surface area contributed by atoms with Crippen molar-refractivity contribution in [2.75, 3.05) is 19.6 Å². The van der Waals surface area contributed by atoms with E-state index in [-0.39, 0.29) is 24.3 Å².